The van der Waals surface area contributed by atoms with Gasteiger partial charge >= 0.3 is 0 Å². The number of ether oxygens (including phenoxy) is 1. The Morgan fingerprint density at radius 2 is 1.91 bits per heavy atom. The maximum absolute atomic E-state index is 12.4. The van der Waals surface area contributed by atoms with E-state index in [1.165, 1.54) is 23.9 Å². The third kappa shape index (κ3) is 5.64. The number of carbonyl (C=O) groups excluding carboxylic acids is 1. The van der Waals surface area contributed by atoms with Crippen LogP contribution >= 0.6 is 11.8 Å². The molecule has 0 aliphatic carbocycles. The zero-order valence-electron chi connectivity index (χ0n) is 18.4. The molecule has 0 fully saturated rings. The number of amides is 1. The maximum Gasteiger partial charge on any atom is 0.292 e. The molecule has 1 atom stereocenters. The van der Waals surface area contributed by atoms with Gasteiger partial charge in [-0.2, -0.15) is 0 Å². The minimum absolute atomic E-state index is 0.0382. The van der Waals surface area contributed by atoms with Gasteiger partial charge in [-0.05, 0) is 57.0 Å². The molecule has 0 spiro atoms. The molecule has 0 bridgehead atoms. The number of anilines is 1. The minimum atomic E-state index is -0.528. The van der Waals surface area contributed by atoms with Crippen molar-refractivity contribution in [2.24, 2.45) is 0 Å². The second-order valence-electron chi connectivity index (χ2n) is 7.28. The number of thioether (sulfide) groups is 1. The Morgan fingerprint density at radius 3 is 2.56 bits per heavy atom. The minimum Gasteiger partial charge on any atom is -0.483 e. The van der Waals surface area contributed by atoms with Crippen LogP contribution in [0.4, 0.5) is 11.4 Å². The fourth-order valence-corrected chi connectivity index (χ4v) is 4.13. The van der Waals surface area contributed by atoms with Crippen LogP contribution in [0.3, 0.4) is 0 Å². The number of aromatic nitrogens is 3. The van der Waals surface area contributed by atoms with Crippen LogP contribution < -0.4 is 10.1 Å². The highest BCUT2D eigenvalue weighted by Crippen LogP contribution is 2.27. The summed E-state index contributed by atoms with van der Waals surface area (Å²) in [4.78, 5) is 23.0. The van der Waals surface area contributed by atoms with E-state index in [1.54, 1.807) is 12.1 Å². The Labute approximate surface area is 190 Å². The van der Waals surface area contributed by atoms with Gasteiger partial charge in [0.25, 0.3) is 5.69 Å². The van der Waals surface area contributed by atoms with Crippen LogP contribution in [-0.4, -0.2) is 31.3 Å². The molecule has 3 aromatic rings. The van der Waals surface area contributed by atoms with Gasteiger partial charge in [0, 0.05) is 12.6 Å². The summed E-state index contributed by atoms with van der Waals surface area (Å²) in [6.07, 6.45) is -0.334. The van der Waals surface area contributed by atoms with Crippen LogP contribution in [0.5, 0.6) is 5.75 Å². The topological polar surface area (TPSA) is 112 Å². The number of hydrogen-bond acceptors (Lipinski definition) is 7. The van der Waals surface area contributed by atoms with Crippen molar-refractivity contribution >= 4 is 29.0 Å². The Hall–Kier alpha value is -3.40. The summed E-state index contributed by atoms with van der Waals surface area (Å²) in [6, 6.07) is 12.1. The molecule has 0 radical (unpaired) electrons. The lowest BCUT2D eigenvalue weighted by Gasteiger charge is -2.16. The van der Waals surface area contributed by atoms with Crippen LogP contribution in [0.1, 0.15) is 36.9 Å². The van der Waals surface area contributed by atoms with Gasteiger partial charge in [-0.3, -0.25) is 14.9 Å². The molecular weight excluding hydrogens is 430 g/mol. The summed E-state index contributed by atoms with van der Waals surface area (Å²) in [7, 11) is 0. The second kappa shape index (κ2) is 10.3. The summed E-state index contributed by atoms with van der Waals surface area (Å²) in [5.74, 6) is 1.10. The van der Waals surface area contributed by atoms with Crippen molar-refractivity contribution in [2.45, 2.75) is 45.5 Å². The van der Waals surface area contributed by atoms with Crippen molar-refractivity contribution in [1.82, 2.24) is 14.8 Å². The summed E-state index contributed by atoms with van der Waals surface area (Å²) < 4.78 is 7.98. The van der Waals surface area contributed by atoms with E-state index in [0.717, 1.165) is 16.9 Å². The zero-order valence-corrected chi connectivity index (χ0v) is 19.2. The van der Waals surface area contributed by atoms with Crippen LogP contribution in [0.2, 0.25) is 0 Å². The van der Waals surface area contributed by atoms with E-state index in [2.05, 4.69) is 21.6 Å². The lowest BCUT2D eigenvalue weighted by molar-refractivity contribution is -0.383. The molecule has 0 saturated heterocycles. The summed E-state index contributed by atoms with van der Waals surface area (Å²) in [5.41, 5.74) is 2.24. The molecule has 1 amide bonds. The number of rotatable bonds is 9. The number of aryl methyl sites for hydroxylation is 2. The molecule has 10 heteroatoms. The molecule has 2 aromatic carbocycles. The van der Waals surface area contributed by atoms with Gasteiger partial charge in [-0.1, -0.05) is 30.0 Å². The molecule has 1 N–H and O–H groups in total. The summed E-state index contributed by atoms with van der Waals surface area (Å²) in [6.45, 7) is 8.51. The Kier molecular flexibility index (Phi) is 7.47. The lowest BCUT2D eigenvalue weighted by atomic mass is 10.1. The first-order valence-corrected chi connectivity index (χ1v) is 11.1. The third-order valence-electron chi connectivity index (χ3n) is 4.64. The van der Waals surface area contributed by atoms with Gasteiger partial charge < -0.3 is 14.6 Å². The molecule has 0 aliphatic heterocycles. The molecule has 0 saturated carbocycles. The Balaban J connectivity index is 1.67. The number of nitro groups is 1. The predicted molar refractivity (Wildman–Crippen MR) is 123 cm³/mol. The highest BCUT2D eigenvalue weighted by molar-refractivity contribution is 7.99. The number of carbonyl (C=O) groups is 1. The van der Waals surface area contributed by atoms with Crippen molar-refractivity contribution in [3.8, 4) is 5.75 Å². The molecule has 0 aliphatic rings. The molecule has 32 heavy (non-hydrogen) atoms. The zero-order chi connectivity index (χ0) is 23.3. The number of nitrogens with one attached hydrogen (secondary N) is 1. The van der Waals surface area contributed by atoms with Crippen molar-refractivity contribution < 1.29 is 14.5 Å². The quantitative estimate of drug-likeness (QED) is 0.283. The van der Waals surface area contributed by atoms with E-state index in [1.807, 2.05) is 44.4 Å². The van der Waals surface area contributed by atoms with Crippen LogP contribution in [0, 0.1) is 24.0 Å². The number of para-hydroxylation sites is 2. The number of hydrogen-bond donors (Lipinski definition) is 1. The van der Waals surface area contributed by atoms with Crippen molar-refractivity contribution in [2.75, 3.05) is 11.1 Å². The van der Waals surface area contributed by atoms with Crippen molar-refractivity contribution in [3.63, 3.8) is 0 Å². The predicted octanol–water partition coefficient (Wildman–Crippen LogP) is 4.69. The maximum atomic E-state index is 12.4. The first kappa shape index (κ1) is 23.3. The number of benzene rings is 2. The fourth-order valence-electron chi connectivity index (χ4n) is 3.32. The fraction of sp³-hybridized carbons (Fsp3) is 0.318. The highest BCUT2D eigenvalue weighted by atomic mass is 32.2. The summed E-state index contributed by atoms with van der Waals surface area (Å²) in [5, 5.41) is 22.8. The van der Waals surface area contributed by atoms with E-state index < -0.39 is 4.92 Å². The molecule has 3 rings (SSSR count). The van der Waals surface area contributed by atoms with Gasteiger partial charge in [0.1, 0.15) is 11.4 Å². The molecule has 9 nitrogen and oxygen atoms in total. The summed E-state index contributed by atoms with van der Waals surface area (Å²) >= 11 is 1.21. The monoisotopic (exact) mass is 455 g/mol. The van der Waals surface area contributed by atoms with Gasteiger partial charge in [-0.15, -0.1) is 10.2 Å². The number of nitrogens with zero attached hydrogens (tertiary/aromatic N) is 4. The van der Waals surface area contributed by atoms with Gasteiger partial charge in [0.2, 0.25) is 5.91 Å². The van der Waals surface area contributed by atoms with Gasteiger partial charge in [0.05, 0.1) is 10.7 Å². The average Bonchev–Trinajstić information content (AvgIpc) is 3.15. The molecule has 1 aromatic heterocycles. The Morgan fingerprint density at radius 1 is 1.22 bits per heavy atom. The van der Waals surface area contributed by atoms with Crippen molar-refractivity contribution in [3.05, 3.63) is 69.5 Å². The van der Waals surface area contributed by atoms with Crippen LogP contribution in [0.25, 0.3) is 0 Å². The van der Waals surface area contributed by atoms with Crippen LogP contribution in [0.15, 0.2) is 47.6 Å². The first-order valence-electron chi connectivity index (χ1n) is 10.1. The van der Waals surface area contributed by atoms with E-state index in [4.69, 9.17) is 4.74 Å². The largest absolute Gasteiger partial charge is 0.483 e. The standard InChI is InChI=1S/C22H25N5O4S/c1-5-26-21(16(4)31-17-11-14(2)10-15(3)12-17)24-25-22(26)32-13-20(28)23-18-8-6-7-9-19(18)27(29)30/h6-12,16H,5,13H2,1-4H3,(H,23,28). The smallest absolute Gasteiger partial charge is 0.292 e. The third-order valence-corrected chi connectivity index (χ3v) is 5.61. The second-order valence-corrected chi connectivity index (χ2v) is 8.22. The van der Waals surface area contributed by atoms with Crippen LogP contribution in [-0.2, 0) is 11.3 Å². The average molecular weight is 456 g/mol. The number of nitro benzene ring substituents is 1. The van der Waals surface area contributed by atoms with Crippen molar-refractivity contribution in [1.29, 1.82) is 0 Å². The van der Waals surface area contributed by atoms with E-state index in [0.29, 0.717) is 17.5 Å². The highest BCUT2D eigenvalue weighted by Gasteiger charge is 2.20. The van der Waals surface area contributed by atoms with E-state index in [-0.39, 0.29) is 29.1 Å². The lowest BCUT2D eigenvalue weighted by Crippen LogP contribution is -2.16. The molecule has 1 heterocycles. The van der Waals surface area contributed by atoms with Gasteiger partial charge in [0.15, 0.2) is 17.1 Å². The van der Waals surface area contributed by atoms with Gasteiger partial charge in [-0.25, -0.2) is 0 Å². The SMILES string of the molecule is CCn1c(SCC(=O)Nc2ccccc2[N+](=O)[O-])nnc1C(C)Oc1cc(C)cc(C)c1. The normalized spacial score (nSPS) is 11.8. The first-order chi connectivity index (χ1) is 15.3. The molecular formula is C22H25N5O4S. The van der Waals surface area contributed by atoms with E-state index >= 15 is 0 Å². The molecule has 1 unspecified atom stereocenters. The molecule has 168 valence electrons. The Bertz CT molecular complexity index is 1110. The van der Waals surface area contributed by atoms with E-state index in [9.17, 15) is 14.9 Å².